The number of carboxylic acid groups (broad SMARTS) is 1. The fraction of sp³-hybridized carbons (Fsp3) is 0.250. The minimum atomic E-state index is -1.37. The minimum Gasteiger partial charge on any atom is -0.480 e. The number of rotatable bonds is 5. The predicted octanol–water partition coefficient (Wildman–Crippen LogP) is 0.707. The first-order valence-corrected chi connectivity index (χ1v) is 5.77. The molecule has 0 saturated heterocycles. The Labute approximate surface area is 114 Å². The summed E-state index contributed by atoms with van der Waals surface area (Å²) in [6.07, 6.45) is -0.482. The number of hydrogen-bond donors (Lipinski definition) is 3. The molecular formula is C12H13ClN2O4. The van der Waals surface area contributed by atoms with Crippen LogP contribution in [0.5, 0.6) is 0 Å². The van der Waals surface area contributed by atoms with Crippen molar-refractivity contribution >= 4 is 29.4 Å². The topological polar surface area (TPSA) is 109 Å². The molecule has 2 amide bonds. The summed E-state index contributed by atoms with van der Waals surface area (Å²) in [5.74, 6) is -2.82. The zero-order valence-corrected chi connectivity index (χ0v) is 10.9. The van der Waals surface area contributed by atoms with Crippen molar-refractivity contribution in [2.45, 2.75) is 19.4 Å². The molecule has 1 rings (SSSR count). The second-order valence-corrected chi connectivity index (χ2v) is 4.35. The highest BCUT2D eigenvalue weighted by molar-refractivity contribution is 6.34. The van der Waals surface area contributed by atoms with Crippen molar-refractivity contribution in [3.8, 4) is 0 Å². The van der Waals surface area contributed by atoms with Crippen molar-refractivity contribution < 1.29 is 19.5 Å². The summed E-state index contributed by atoms with van der Waals surface area (Å²) >= 11 is 5.96. The molecule has 0 fully saturated rings. The molecule has 7 heteroatoms. The molecule has 6 nitrogen and oxygen atoms in total. The van der Waals surface area contributed by atoms with Crippen molar-refractivity contribution in [1.29, 1.82) is 0 Å². The summed E-state index contributed by atoms with van der Waals surface area (Å²) in [5.41, 5.74) is 5.76. The molecule has 1 atom stereocenters. The van der Waals surface area contributed by atoms with Crippen LogP contribution in [0.1, 0.15) is 22.3 Å². The highest BCUT2D eigenvalue weighted by atomic mass is 35.5. The number of benzene rings is 1. The van der Waals surface area contributed by atoms with Crippen LogP contribution < -0.4 is 11.1 Å². The van der Waals surface area contributed by atoms with Crippen LogP contribution >= 0.6 is 11.6 Å². The number of nitrogens with one attached hydrogen (secondary N) is 1. The second-order valence-electron chi connectivity index (χ2n) is 3.97. The zero-order valence-electron chi connectivity index (χ0n) is 10.1. The number of carbonyl (C=O) groups is 3. The number of primary amides is 1. The Kier molecular flexibility index (Phi) is 4.88. The molecule has 0 heterocycles. The third kappa shape index (κ3) is 3.96. The van der Waals surface area contributed by atoms with E-state index in [1.807, 2.05) is 0 Å². The minimum absolute atomic E-state index is 0.150. The molecule has 0 aromatic heterocycles. The summed E-state index contributed by atoms with van der Waals surface area (Å²) in [7, 11) is 0. The second kappa shape index (κ2) is 6.19. The lowest BCUT2D eigenvalue weighted by atomic mass is 10.1. The molecule has 0 saturated carbocycles. The van der Waals surface area contributed by atoms with Crippen molar-refractivity contribution in [3.63, 3.8) is 0 Å². The van der Waals surface area contributed by atoms with E-state index in [9.17, 15) is 14.4 Å². The van der Waals surface area contributed by atoms with E-state index in [0.29, 0.717) is 5.56 Å². The van der Waals surface area contributed by atoms with E-state index in [2.05, 4.69) is 5.32 Å². The fourth-order valence-electron chi connectivity index (χ4n) is 1.46. The Morgan fingerprint density at radius 1 is 1.42 bits per heavy atom. The summed E-state index contributed by atoms with van der Waals surface area (Å²) in [6.45, 7) is 1.72. The number of hydrogen-bond acceptors (Lipinski definition) is 3. The van der Waals surface area contributed by atoms with Gasteiger partial charge in [0.05, 0.1) is 17.0 Å². The maximum Gasteiger partial charge on any atom is 0.326 e. The molecule has 0 aliphatic heterocycles. The summed E-state index contributed by atoms with van der Waals surface area (Å²) in [6, 6.07) is 3.44. The van der Waals surface area contributed by atoms with Crippen molar-refractivity contribution in [2.75, 3.05) is 0 Å². The monoisotopic (exact) mass is 284 g/mol. The van der Waals surface area contributed by atoms with E-state index in [1.165, 1.54) is 6.07 Å². The van der Waals surface area contributed by atoms with Gasteiger partial charge in [0.1, 0.15) is 6.04 Å². The highest BCUT2D eigenvalue weighted by Crippen LogP contribution is 2.20. The Hall–Kier alpha value is -2.08. The fourth-order valence-corrected chi connectivity index (χ4v) is 1.67. The summed E-state index contributed by atoms with van der Waals surface area (Å²) < 4.78 is 0. The number of amides is 2. The first-order chi connectivity index (χ1) is 8.82. The number of halogens is 1. The van der Waals surface area contributed by atoms with E-state index >= 15 is 0 Å². The molecule has 0 unspecified atom stereocenters. The normalized spacial score (nSPS) is 11.7. The van der Waals surface area contributed by atoms with Crippen LogP contribution in [-0.4, -0.2) is 28.9 Å². The van der Waals surface area contributed by atoms with Crippen LogP contribution in [0.15, 0.2) is 18.2 Å². The van der Waals surface area contributed by atoms with Crippen LogP contribution in [-0.2, 0) is 9.59 Å². The molecule has 102 valence electrons. The molecule has 0 radical (unpaired) electrons. The first kappa shape index (κ1) is 15.0. The Balaban J connectivity index is 2.91. The van der Waals surface area contributed by atoms with Gasteiger partial charge >= 0.3 is 5.97 Å². The maximum atomic E-state index is 11.9. The van der Waals surface area contributed by atoms with Gasteiger partial charge in [0.25, 0.3) is 5.91 Å². The van der Waals surface area contributed by atoms with Gasteiger partial charge < -0.3 is 16.2 Å². The van der Waals surface area contributed by atoms with Crippen LogP contribution in [0, 0.1) is 6.92 Å². The van der Waals surface area contributed by atoms with E-state index in [4.69, 9.17) is 22.4 Å². The van der Waals surface area contributed by atoms with Gasteiger partial charge in [0.15, 0.2) is 0 Å². The van der Waals surface area contributed by atoms with E-state index < -0.39 is 30.2 Å². The molecule has 1 aromatic rings. The lowest BCUT2D eigenvalue weighted by molar-refractivity contribution is -0.140. The quantitative estimate of drug-likeness (QED) is 0.739. The molecule has 0 spiro atoms. The average molecular weight is 285 g/mol. The van der Waals surface area contributed by atoms with Gasteiger partial charge in [-0.1, -0.05) is 23.7 Å². The van der Waals surface area contributed by atoms with Gasteiger partial charge in [0, 0.05) is 0 Å². The van der Waals surface area contributed by atoms with E-state index in [1.54, 1.807) is 19.1 Å². The van der Waals surface area contributed by atoms with Crippen LogP contribution in [0.25, 0.3) is 0 Å². The van der Waals surface area contributed by atoms with E-state index in [0.717, 1.165) is 0 Å². The lowest BCUT2D eigenvalue weighted by Crippen LogP contribution is -2.43. The standard InChI is InChI=1S/C12H13ClN2O4/c1-6-3-2-4-7(10(6)13)11(17)15-8(12(18)19)5-9(14)16/h2-4,8H,5H2,1H3,(H2,14,16)(H,15,17)(H,18,19)/t8-/m0/s1. The smallest absolute Gasteiger partial charge is 0.326 e. The van der Waals surface area contributed by atoms with Gasteiger partial charge in [-0.05, 0) is 18.6 Å². The number of carbonyl (C=O) groups excluding carboxylic acids is 2. The van der Waals surface area contributed by atoms with Gasteiger partial charge in [-0.25, -0.2) is 4.79 Å². The number of aliphatic carboxylic acids is 1. The van der Waals surface area contributed by atoms with E-state index in [-0.39, 0.29) is 10.6 Å². The molecule has 19 heavy (non-hydrogen) atoms. The SMILES string of the molecule is Cc1cccc(C(=O)N[C@@H](CC(N)=O)C(=O)O)c1Cl. The van der Waals surface area contributed by atoms with Crippen LogP contribution in [0.2, 0.25) is 5.02 Å². The molecule has 1 aromatic carbocycles. The average Bonchev–Trinajstić information content (AvgIpc) is 2.31. The third-order valence-corrected chi connectivity index (χ3v) is 2.95. The highest BCUT2D eigenvalue weighted by Gasteiger charge is 2.23. The lowest BCUT2D eigenvalue weighted by Gasteiger charge is -2.14. The van der Waals surface area contributed by atoms with Crippen molar-refractivity contribution in [3.05, 3.63) is 34.3 Å². The number of carboxylic acids is 1. The Morgan fingerprint density at radius 2 is 2.05 bits per heavy atom. The molecule has 0 aliphatic rings. The van der Waals surface area contributed by atoms with Gasteiger partial charge in [-0.2, -0.15) is 0 Å². The largest absolute Gasteiger partial charge is 0.480 e. The molecule has 0 aliphatic carbocycles. The van der Waals surface area contributed by atoms with Crippen molar-refractivity contribution in [1.82, 2.24) is 5.32 Å². The molecule has 4 N–H and O–H groups in total. The summed E-state index contributed by atoms with van der Waals surface area (Å²) in [4.78, 5) is 33.5. The number of nitrogens with two attached hydrogens (primary N) is 1. The first-order valence-electron chi connectivity index (χ1n) is 5.40. The van der Waals surface area contributed by atoms with Gasteiger partial charge in [0.2, 0.25) is 5.91 Å². The molecular weight excluding hydrogens is 272 g/mol. The Morgan fingerprint density at radius 3 is 2.58 bits per heavy atom. The molecule has 0 bridgehead atoms. The van der Waals surface area contributed by atoms with Gasteiger partial charge in [-0.15, -0.1) is 0 Å². The van der Waals surface area contributed by atoms with Gasteiger partial charge in [-0.3, -0.25) is 9.59 Å². The predicted molar refractivity (Wildman–Crippen MR) is 68.9 cm³/mol. The zero-order chi connectivity index (χ0) is 14.6. The maximum absolute atomic E-state index is 11.9. The van der Waals surface area contributed by atoms with Crippen LogP contribution in [0.3, 0.4) is 0 Å². The Bertz CT molecular complexity index is 530. The van der Waals surface area contributed by atoms with Crippen LogP contribution in [0.4, 0.5) is 0 Å². The number of aryl methyl sites for hydroxylation is 1. The van der Waals surface area contributed by atoms with Crippen molar-refractivity contribution in [2.24, 2.45) is 5.73 Å². The third-order valence-electron chi connectivity index (χ3n) is 2.45. The summed E-state index contributed by atoms with van der Waals surface area (Å²) in [5, 5.41) is 11.3.